The van der Waals surface area contributed by atoms with E-state index in [1.54, 1.807) is 7.11 Å². The van der Waals surface area contributed by atoms with Gasteiger partial charge in [-0.25, -0.2) is 0 Å². The Hall–Kier alpha value is -0.560. The molecular weight excluding hydrogens is 160 g/mol. The van der Waals surface area contributed by atoms with Crippen LogP contribution < -0.4 is 0 Å². The Labute approximate surface area is 82.5 Å². The first kappa shape index (κ1) is 12.4. The van der Waals surface area contributed by atoms with Crippen LogP contribution in [-0.2, 0) is 4.74 Å². The van der Waals surface area contributed by atoms with E-state index in [2.05, 4.69) is 32.9 Å². The molecule has 0 aliphatic carbocycles. The monoisotopic (exact) mass is 182 g/mol. The first-order valence-electron chi connectivity index (χ1n) is 4.95. The van der Waals surface area contributed by atoms with Crippen molar-refractivity contribution in [3.05, 3.63) is 24.3 Å². The van der Waals surface area contributed by atoms with Gasteiger partial charge in [0.2, 0.25) is 0 Å². The van der Waals surface area contributed by atoms with Gasteiger partial charge in [-0.2, -0.15) is 0 Å². The maximum Gasteiger partial charge on any atom is 0.0654 e. The molecule has 76 valence electrons. The van der Waals surface area contributed by atoms with Crippen LogP contribution >= 0.6 is 0 Å². The first-order chi connectivity index (χ1) is 6.13. The van der Waals surface area contributed by atoms with E-state index >= 15 is 0 Å². The van der Waals surface area contributed by atoms with Gasteiger partial charge < -0.3 is 4.74 Å². The summed E-state index contributed by atoms with van der Waals surface area (Å²) in [6.45, 7) is 8.59. The van der Waals surface area contributed by atoms with Crippen molar-refractivity contribution >= 4 is 0 Å². The number of allylic oxidation sites excluding steroid dienone is 3. The molecule has 0 aliphatic heterocycles. The van der Waals surface area contributed by atoms with E-state index in [9.17, 15) is 0 Å². The number of ether oxygens (including phenoxy) is 1. The van der Waals surface area contributed by atoms with Crippen molar-refractivity contribution in [3.63, 3.8) is 0 Å². The lowest BCUT2D eigenvalue weighted by molar-refractivity contribution is 0.0379. The van der Waals surface area contributed by atoms with E-state index in [1.165, 1.54) is 0 Å². The molecule has 0 radical (unpaired) electrons. The van der Waals surface area contributed by atoms with Crippen LogP contribution in [0.2, 0.25) is 0 Å². The number of hydrogen-bond acceptors (Lipinski definition) is 1. The third kappa shape index (κ3) is 4.89. The SMILES string of the molecule is C/C=C/C=C/[C@@H](C)[C@H](OC)C(C)C. The third-order valence-corrected chi connectivity index (χ3v) is 2.17. The fourth-order valence-electron chi connectivity index (χ4n) is 1.55. The highest BCUT2D eigenvalue weighted by Crippen LogP contribution is 2.16. The Balaban J connectivity index is 4.12. The molecule has 2 atom stereocenters. The maximum absolute atomic E-state index is 5.43. The van der Waals surface area contributed by atoms with Gasteiger partial charge in [0.15, 0.2) is 0 Å². The van der Waals surface area contributed by atoms with Crippen molar-refractivity contribution in [1.82, 2.24) is 0 Å². The van der Waals surface area contributed by atoms with E-state index in [0.29, 0.717) is 17.9 Å². The molecule has 1 heteroatoms. The lowest BCUT2D eigenvalue weighted by atomic mass is 9.94. The van der Waals surface area contributed by atoms with Gasteiger partial charge in [0, 0.05) is 13.0 Å². The molecule has 1 nitrogen and oxygen atoms in total. The van der Waals surface area contributed by atoms with Gasteiger partial charge in [-0.3, -0.25) is 0 Å². The quantitative estimate of drug-likeness (QED) is 0.592. The average Bonchev–Trinajstić information content (AvgIpc) is 2.05. The lowest BCUT2D eigenvalue weighted by Gasteiger charge is -2.23. The van der Waals surface area contributed by atoms with Gasteiger partial charge in [-0.15, -0.1) is 0 Å². The van der Waals surface area contributed by atoms with Crippen LogP contribution in [0.4, 0.5) is 0 Å². The molecule has 0 aromatic heterocycles. The van der Waals surface area contributed by atoms with Crippen molar-refractivity contribution in [2.45, 2.75) is 33.8 Å². The third-order valence-electron chi connectivity index (χ3n) is 2.17. The summed E-state index contributed by atoms with van der Waals surface area (Å²) in [7, 11) is 1.78. The van der Waals surface area contributed by atoms with Gasteiger partial charge in [-0.1, -0.05) is 45.1 Å². The molecule has 0 bridgehead atoms. The van der Waals surface area contributed by atoms with E-state index in [1.807, 2.05) is 19.1 Å². The van der Waals surface area contributed by atoms with Crippen molar-refractivity contribution in [2.75, 3.05) is 7.11 Å². The van der Waals surface area contributed by atoms with Crippen LogP contribution in [0.25, 0.3) is 0 Å². The van der Waals surface area contributed by atoms with E-state index in [4.69, 9.17) is 4.74 Å². The number of hydrogen-bond donors (Lipinski definition) is 0. The Bertz CT molecular complexity index is 168. The number of methoxy groups -OCH3 is 1. The molecule has 0 N–H and O–H groups in total. The summed E-state index contributed by atoms with van der Waals surface area (Å²) in [6.07, 6.45) is 8.67. The second-order valence-electron chi connectivity index (χ2n) is 3.71. The van der Waals surface area contributed by atoms with Crippen molar-refractivity contribution in [2.24, 2.45) is 11.8 Å². The zero-order chi connectivity index (χ0) is 10.3. The van der Waals surface area contributed by atoms with Gasteiger partial charge in [0.1, 0.15) is 0 Å². The Morgan fingerprint density at radius 3 is 2.08 bits per heavy atom. The zero-order valence-electron chi connectivity index (χ0n) is 9.45. The molecule has 0 spiro atoms. The Morgan fingerprint density at radius 1 is 1.08 bits per heavy atom. The van der Waals surface area contributed by atoms with Gasteiger partial charge >= 0.3 is 0 Å². The van der Waals surface area contributed by atoms with Crippen LogP contribution in [0, 0.1) is 11.8 Å². The molecule has 0 unspecified atom stereocenters. The summed E-state index contributed by atoms with van der Waals surface area (Å²) in [6, 6.07) is 0. The van der Waals surface area contributed by atoms with Crippen molar-refractivity contribution in [3.8, 4) is 0 Å². The minimum atomic E-state index is 0.321. The van der Waals surface area contributed by atoms with Gasteiger partial charge in [-0.05, 0) is 12.8 Å². The predicted octanol–water partition coefficient (Wildman–Crippen LogP) is 3.43. The normalized spacial score (nSPS) is 17.4. The Kier molecular flexibility index (Phi) is 6.61. The largest absolute Gasteiger partial charge is 0.381 e. The smallest absolute Gasteiger partial charge is 0.0654 e. The fraction of sp³-hybridized carbons (Fsp3) is 0.667. The minimum Gasteiger partial charge on any atom is -0.381 e. The summed E-state index contributed by atoms with van der Waals surface area (Å²) < 4.78 is 5.43. The molecule has 0 fully saturated rings. The summed E-state index contributed by atoms with van der Waals surface area (Å²) in [5.74, 6) is 1.04. The van der Waals surface area contributed by atoms with Crippen molar-refractivity contribution in [1.29, 1.82) is 0 Å². The molecule has 0 aliphatic rings. The summed E-state index contributed by atoms with van der Waals surface area (Å²) >= 11 is 0. The summed E-state index contributed by atoms with van der Waals surface area (Å²) in [4.78, 5) is 0. The molecule has 0 saturated carbocycles. The molecule has 0 amide bonds. The van der Waals surface area contributed by atoms with Gasteiger partial charge in [0.25, 0.3) is 0 Å². The molecule has 0 saturated heterocycles. The maximum atomic E-state index is 5.43. The van der Waals surface area contributed by atoms with E-state index in [0.717, 1.165) is 0 Å². The topological polar surface area (TPSA) is 9.23 Å². The minimum absolute atomic E-state index is 0.321. The van der Waals surface area contributed by atoms with E-state index < -0.39 is 0 Å². The van der Waals surface area contributed by atoms with Crippen LogP contribution in [-0.4, -0.2) is 13.2 Å². The van der Waals surface area contributed by atoms with E-state index in [-0.39, 0.29) is 0 Å². The fourth-order valence-corrected chi connectivity index (χ4v) is 1.55. The summed E-state index contributed by atoms with van der Waals surface area (Å²) in [5, 5.41) is 0. The molecule has 13 heavy (non-hydrogen) atoms. The second kappa shape index (κ2) is 6.90. The number of rotatable bonds is 5. The van der Waals surface area contributed by atoms with Gasteiger partial charge in [0.05, 0.1) is 6.10 Å². The average molecular weight is 182 g/mol. The summed E-state index contributed by atoms with van der Waals surface area (Å²) in [5.41, 5.74) is 0. The lowest BCUT2D eigenvalue weighted by Crippen LogP contribution is -2.24. The van der Waals surface area contributed by atoms with Crippen LogP contribution in [0.15, 0.2) is 24.3 Å². The molecule has 0 aromatic carbocycles. The zero-order valence-corrected chi connectivity index (χ0v) is 9.45. The second-order valence-corrected chi connectivity index (χ2v) is 3.71. The van der Waals surface area contributed by atoms with Crippen molar-refractivity contribution < 1.29 is 4.74 Å². The molecule has 0 heterocycles. The standard InChI is InChI=1S/C12H22O/c1-6-7-8-9-11(4)12(13-5)10(2)3/h6-12H,1-5H3/b7-6+,9-8+/t11-,12-/m1/s1. The van der Waals surface area contributed by atoms with Crippen LogP contribution in [0.3, 0.4) is 0 Å². The molecule has 0 aromatic rings. The van der Waals surface area contributed by atoms with Crippen LogP contribution in [0.5, 0.6) is 0 Å². The highest BCUT2D eigenvalue weighted by atomic mass is 16.5. The predicted molar refractivity (Wildman–Crippen MR) is 58.8 cm³/mol. The van der Waals surface area contributed by atoms with Crippen LogP contribution in [0.1, 0.15) is 27.7 Å². The first-order valence-corrected chi connectivity index (χ1v) is 4.95. The highest BCUT2D eigenvalue weighted by molar-refractivity contribution is 5.03. The molecule has 0 rings (SSSR count). The Morgan fingerprint density at radius 2 is 1.69 bits per heavy atom. The highest BCUT2D eigenvalue weighted by Gasteiger charge is 2.17. The molecular formula is C12H22O.